The molecule has 2 saturated heterocycles. The first kappa shape index (κ1) is 14.2. The standard InChI is InChI=1S/C12H18N2OS.CO2/c1-10-9-16-11(13-10)14-6-4-12(5-7-14)3-2-8-15-12;2-1-3/h9H,2-8H2,1H3;. The number of thiazole rings is 1. The smallest absolute Gasteiger partial charge is 0.373 e. The summed E-state index contributed by atoms with van der Waals surface area (Å²) in [5.41, 5.74) is 1.36. The van der Waals surface area contributed by atoms with Gasteiger partial charge in [-0.2, -0.15) is 9.59 Å². The van der Waals surface area contributed by atoms with Crippen LogP contribution < -0.4 is 4.90 Å². The van der Waals surface area contributed by atoms with Crippen LogP contribution in [0.25, 0.3) is 0 Å². The number of hydrogen-bond donors (Lipinski definition) is 0. The predicted octanol–water partition coefficient (Wildman–Crippen LogP) is 2.02. The molecule has 2 fully saturated rings. The molecule has 0 amide bonds. The van der Waals surface area contributed by atoms with Gasteiger partial charge in [-0.1, -0.05) is 0 Å². The van der Waals surface area contributed by atoms with Crippen LogP contribution in [0.2, 0.25) is 0 Å². The van der Waals surface area contributed by atoms with Gasteiger partial charge in [-0.05, 0) is 32.6 Å². The van der Waals surface area contributed by atoms with Crippen molar-refractivity contribution >= 4 is 22.6 Å². The van der Waals surface area contributed by atoms with Crippen molar-refractivity contribution in [1.82, 2.24) is 4.98 Å². The second kappa shape index (κ2) is 6.28. The Balaban J connectivity index is 0.000000408. The number of anilines is 1. The van der Waals surface area contributed by atoms with E-state index in [4.69, 9.17) is 14.3 Å². The van der Waals surface area contributed by atoms with E-state index in [1.807, 2.05) is 0 Å². The number of rotatable bonds is 1. The average molecular weight is 282 g/mol. The summed E-state index contributed by atoms with van der Waals surface area (Å²) in [7, 11) is 0. The fourth-order valence-electron chi connectivity index (χ4n) is 2.74. The van der Waals surface area contributed by atoms with E-state index in [1.165, 1.54) is 30.8 Å². The van der Waals surface area contributed by atoms with Crippen LogP contribution in [0.15, 0.2) is 5.38 Å². The SMILES string of the molecule is Cc1csc(N2CCC3(CCCO3)CC2)n1.O=C=O. The Kier molecular flexibility index (Phi) is 4.69. The first-order chi connectivity index (χ1) is 9.19. The summed E-state index contributed by atoms with van der Waals surface area (Å²) in [4.78, 5) is 23.2. The van der Waals surface area contributed by atoms with Crippen molar-refractivity contribution in [3.63, 3.8) is 0 Å². The van der Waals surface area contributed by atoms with E-state index < -0.39 is 0 Å². The molecule has 19 heavy (non-hydrogen) atoms. The summed E-state index contributed by atoms with van der Waals surface area (Å²) in [5.74, 6) is 0. The van der Waals surface area contributed by atoms with Crippen LogP contribution in [-0.4, -0.2) is 36.4 Å². The number of aromatic nitrogens is 1. The van der Waals surface area contributed by atoms with Crippen molar-refractivity contribution in [3.05, 3.63) is 11.1 Å². The largest absolute Gasteiger partial charge is 0.375 e. The average Bonchev–Trinajstić information content (AvgIpc) is 3.02. The maximum absolute atomic E-state index is 8.12. The molecule has 1 spiro atoms. The van der Waals surface area contributed by atoms with Gasteiger partial charge >= 0.3 is 6.15 Å². The van der Waals surface area contributed by atoms with Crippen molar-refractivity contribution in [1.29, 1.82) is 0 Å². The first-order valence-corrected chi connectivity index (χ1v) is 7.37. The minimum atomic E-state index is 0.225. The molecular weight excluding hydrogens is 264 g/mol. The van der Waals surface area contributed by atoms with Gasteiger partial charge in [0.2, 0.25) is 0 Å². The summed E-state index contributed by atoms with van der Waals surface area (Å²) in [6.07, 6.45) is 5.10. The van der Waals surface area contributed by atoms with Crippen LogP contribution in [0, 0.1) is 6.92 Å². The fraction of sp³-hybridized carbons (Fsp3) is 0.692. The number of hydrogen-bond acceptors (Lipinski definition) is 6. The lowest BCUT2D eigenvalue weighted by Crippen LogP contribution is -2.44. The lowest BCUT2D eigenvalue weighted by Gasteiger charge is -2.38. The zero-order chi connectivity index (χ0) is 13.7. The Hall–Kier alpha value is -1.23. The molecule has 2 aliphatic heterocycles. The van der Waals surface area contributed by atoms with E-state index in [0.29, 0.717) is 0 Å². The Labute approximate surface area is 116 Å². The Morgan fingerprint density at radius 3 is 2.53 bits per heavy atom. The van der Waals surface area contributed by atoms with E-state index in [9.17, 15) is 0 Å². The van der Waals surface area contributed by atoms with Crippen LogP contribution in [0.5, 0.6) is 0 Å². The molecule has 3 heterocycles. The van der Waals surface area contributed by atoms with Gasteiger partial charge in [-0.3, -0.25) is 0 Å². The minimum absolute atomic E-state index is 0.225. The van der Waals surface area contributed by atoms with Crippen molar-refractivity contribution in [3.8, 4) is 0 Å². The summed E-state index contributed by atoms with van der Waals surface area (Å²) < 4.78 is 5.93. The maximum Gasteiger partial charge on any atom is 0.373 e. The van der Waals surface area contributed by atoms with E-state index in [2.05, 4.69) is 22.2 Å². The highest BCUT2D eigenvalue weighted by molar-refractivity contribution is 7.13. The molecule has 5 nitrogen and oxygen atoms in total. The lowest BCUT2D eigenvalue weighted by molar-refractivity contribution is -0.191. The molecule has 0 unspecified atom stereocenters. The maximum atomic E-state index is 8.12. The van der Waals surface area contributed by atoms with Gasteiger partial charge in [-0.15, -0.1) is 11.3 Å². The summed E-state index contributed by atoms with van der Waals surface area (Å²) in [5, 5.41) is 3.32. The van der Waals surface area contributed by atoms with Gasteiger partial charge in [0, 0.05) is 25.1 Å². The molecule has 0 aromatic carbocycles. The zero-order valence-electron chi connectivity index (χ0n) is 11.1. The molecule has 1 aromatic heterocycles. The molecule has 0 aliphatic carbocycles. The van der Waals surface area contributed by atoms with E-state index in [0.717, 1.165) is 25.4 Å². The van der Waals surface area contributed by atoms with Crippen molar-refractivity contribution in [2.75, 3.05) is 24.6 Å². The third kappa shape index (κ3) is 3.41. The topological polar surface area (TPSA) is 59.5 Å². The van der Waals surface area contributed by atoms with Crippen LogP contribution >= 0.6 is 11.3 Å². The van der Waals surface area contributed by atoms with Gasteiger partial charge in [-0.25, -0.2) is 4.98 Å². The van der Waals surface area contributed by atoms with Gasteiger partial charge in [0.15, 0.2) is 5.13 Å². The summed E-state index contributed by atoms with van der Waals surface area (Å²) in [6, 6.07) is 0. The van der Waals surface area contributed by atoms with Crippen LogP contribution in [0.3, 0.4) is 0 Å². The summed E-state index contributed by atoms with van der Waals surface area (Å²) in [6.45, 7) is 5.24. The van der Waals surface area contributed by atoms with Gasteiger partial charge in [0.05, 0.1) is 11.3 Å². The zero-order valence-corrected chi connectivity index (χ0v) is 11.9. The number of aryl methyl sites for hydroxylation is 1. The Morgan fingerprint density at radius 2 is 2.05 bits per heavy atom. The monoisotopic (exact) mass is 282 g/mol. The molecule has 0 N–H and O–H groups in total. The van der Waals surface area contributed by atoms with Gasteiger partial charge in [0.25, 0.3) is 0 Å². The van der Waals surface area contributed by atoms with Crippen molar-refractivity contribution in [2.45, 2.75) is 38.2 Å². The van der Waals surface area contributed by atoms with Gasteiger partial charge < -0.3 is 9.64 Å². The third-order valence-electron chi connectivity index (χ3n) is 3.74. The minimum Gasteiger partial charge on any atom is -0.375 e. The van der Waals surface area contributed by atoms with E-state index in [1.54, 1.807) is 11.3 Å². The van der Waals surface area contributed by atoms with Crippen LogP contribution in [0.4, 0.5) is 5.13 Å². The van der Waals surface area contributed by atoms with E-state index >= 15 is 0 Å². The van der Waals surface area contributed by atoms with Gasteiger partial charge in [0.1, 0.15) is 0 Å². The third-order valence-corrected chi connectivity index (χ3v) is 4.76. The molecule has 104 valence electrons. The molecule has 0 bridgehead atoms. The fourth-order valence-corrected chi connectivity index (χ4v) is 3.60. The van der Waals surface area contributed by atoms with E-state index in [-0.39, 0.29) is 11.8 Å². The molecule has 2 aliphatic rings. The molecule has 0 radical (unpaired) electrons. The normalized spacial score (nSPS) is 20.8. The summed E-state index contributed by atoms with van der Waals surface area (Å²) >= 11 is 1.76. The second-order valence-electron chi connectivity index (χ2n) is 4.98. The Bertz CT molecular complexity index is 438. The number of nitrogens with zero attached hydrogens (tertiary/aromatic N) is 2. The predicted molar refractivity (Wildman–Crippen MR) is 71.2 cm³/mol. The van der Waals surface area contributed by atoms with Crippen LogP contribution in [-0.2, 0) is 14.3 Å². The quantitative estimate of drug-likeness (QED) is 0.788. The molecule has 0 saturated carbocycles. The van der Waals surface area contributed by atoms with Crippen molar-refractivity contribution in [2.24, 2.45) is 0 Å². The highest BCUT2D eigenvalue weighted by Crippen LogP contribution is 2.37. The number of piperidine rings is 1. The Morgan fingerprint density at radius 1 is 1.37 bits per heavy atom. The highest BCUT2D eigenvalue weighted by atomic mass is 32.1. The molecule has 6 heteroatoms. The van der Waals surface area contributed by atoms with Crippen LogP contribution in [0.1, 0.15) is 31.4 Å². The lowest BCUT2D eigenvalue weighted by atomic mass is 9.89. The van der Waals surface area contributed by atoms with Crippen molar-refractivity contribution < 1.29 is 14.3 Å². The molecule has 0 atom stereocenters. The first-order valence-electron chi connectivity index (χ1n) is 6.49. The molecular formula is C13H18N2O3S. The second-order valence-corrected chi connectivity index (χ2v) is 5.81. The number of ether oxygens (including phenoxy) is 1. The highest BCUT2D eigenvalue weighted by Gasteiger charge is 2.38. The molecule has 3 rings (SSSR count). The molecule has 1 aromatic rings. The number of carbonyl (C=O) groups excluding carboxylic acids is 2.